The summed E-state index contributed by atoms with van der Waals surface area (Å²) in [6.07, 6.45) is 5.26. The Morgan fingerprint density at radius 3 is 2.75 bits per heavy atom. The fraction of sp³-hybridized carbons (Fsp3) is 1.00. The van der Waals surface area contributed by atoms with Crippen molar-refractivity contribution >= 4 is 0 Å². The zero-order valence-corrected chi connectivity index (χ0v) is 10.6. The van der Waals surface area contributed by atoms with Crippen molar-refractivity contribution in [2.45, 2.75) is 38.6 Å². The lowest BCUT2D eigenvalue weighted by Gasteiger charge is -2.30. The largest absolute Gasteiger partial charge is 0.380 e. The van der Waals surface area contributed by atoms with Gasteiger partial charge in [-0.1, -0.05) is 6.92 Å². The molecule has 1 atom stereocenters. The molecular weight excluding hydrogens is 200 g/mol. The van der Waals surface area contributed by atoms with Crippen LogP contribution in [0.2, 0.25) is 0 Å². The fourth-order valence-corrected chi connectivity index (χ4v) is 2.59. The van der Waals surface area contributed by atoms with Crippen molar-refractivity contribution < 1.29 is 4.74 Å². The van der Waals surface area contributed by atoms with Crippen molar-refractivity contribution in [3.8, 4) is 0 Å². The van der Waals surface area contributed by atoms with E-state index in [1.54, 1.807) is 0 Å². The predicted molar refractivity (Wildman–Crippen MR) is 66.7 cm³/mol. The van der Waals surface area contributed by atoms with Crippen LogP contribution in [0, 0.1) is 5.92 Å². The molecule has 0 amide bonds. The van der Waals surface area contributed by atoms with E-state index in [0.29, 0.717) is 6.04 Å². The zero-order chi connectivity index (χ0) is 11.2. The van der Waals surface area contributed by atoms with Crippen LogP contribution in [0.3, 0.4) is 0 Å². The normalized spacial score (nSPS) is 28.7. The van der Waals surface area contributed by atoms with Crippen LogP contribution in [0.5, 0.6) is 0 Å². The third-order valence-corrected chi connectivity index (χ3v) is 3.89. The molecule has 0 bridgehead atoms. The summed E-state index contributed by atoms with van der Waals surface area (Å²) in [5, 5.41) is 3.58. The zero-order valence-electron chi connectivity index (χ0n) is 10.6. The molecule has 2 rings (SSSR count). The summed E-state index contributed by atoms with van der Waals surface area (Å²) in [5.74, 6) is 0.949. The first-order valence-corrected chi connectivity index (χ1v) is 6.88. The quantitative estimate of drug-likeness (QED) is 0.719. The van der Waals surface area contributed by atoms with Crippen LogP contribution in [0.25, 0.3) is 0 Å². The number of likely N-dealkylation sites (tertiary alicyclic amines) is 1. The van der Waals surface area contributed by atoms with Gasteiger partial charge >= 0.3 is 0 Å². The Bertz CT molecular complexity index is 184. The maximum Gasteiger partial charge on any atom is 0.0620 e. The van der Waals surface area contributed by atoms with Gasteiger partial charge in [0.1, 0.15) is 0 Å². The molecule has 2 fully saturated rings. The molecule has 0 spiro atoms. The van der Waals surface area contributed by atoms with E-state index in [-0.39, 0.29) is 0 Å². The molecule has 2 aliphatic heterocycles. The second-order valence-electron chi connectivity index (χ2n) is 5.39. The Morgan fingerprint density at radius 2 is 2.06 bits per heavy atom. The molecule has 0 aromatic heterocycles. The van der Waals surface area contributed by atoms with E-state index >= 15 is 0 Å². The van der Waals surface area contributed by atoms with Gasteiger partial charge in [0.15, 0.2) is 0 Å². The van der Waals surface area contributed by atoms with Gasteiger partial charge in [-0.25, -0.2) is 0 Å². The Balaban J connectivity index is 1.48. The van der Waals surface area contributed by atoms with E-state index < -0.39 is 0 Å². The number of rotatable bonds is 5. The molecule has 0 saturated carbocycles. The van der Waals surface area contributed by atoms with Gasteiger partial charge in [-0.05, 0) is 57.8 Å². The maximum atomic E-state index is 5.34. The summed E-state index contributed by atoms with van der Waals surface area (Å²) in [6, 6.07) is 0.626. The van der Waals surface area contributed by atoms with Crippen molar-refractivity contribution in [3.63, 3.8) is 0 Å². The Hall–Kier alpha value is -0.120. The Kier molecular flexibility index (Phi) is 5.07. The van der Waals surface area contributed by atoms with E-state index in [1.807, 2.05) is 0 Å². The van der Waals surface area contributed by atoms with Crippen LogP contribution in [0.1, 0.15) is 32.6 Å². The number of hydrogen-bond donors (Lipinski definition) is 1. The number of hydrogen-bond acceptors (Lipinski definition) is 3. The summed E-state index contributed by atoms with van der Waals surface area (Å²) in [6.45, 7) is 9.29. The number of nitrogens with one attached hydrogen (secondary N) is 1. The first-order chi connectivity index (χ1) is 7.84. The highest BCUT2D eigenvalue weighted by molar-refractivity contribution is 4.72. The number of piperidine rings is 1. The molecule has 2 saturated heterocycles. The van der Waals surface area contributed by atoms with Crippen LogP contribution >= 0.6 is 0 Å². The highest BCUT2D eigenvalue weighted by Crippen LogP contribution is 2.15. The maximum absolute atomic E-state index is 5.34. The molecule has 1 unspecified atom stereocenters. The van der Waals surface area contributed by atoms with Gasteiger partial charge in [0.25, 0.3) is 0 Å². The Morgan fingerprint density at radius 1 is 1.25 bits per heavy atom. The summed E-state index contributed by atoms with van der Waals surface area (Å²) in [7, 11) is 0. The minimum absolute atomic E-state index is 0.626. The smallest absolute Gasteiger partial charge is 0.0620 e. The fourth-order valence-electron chi connectivity index (χ4n) is 2.59. The monoisotopic (exact) mass is 226 g/mol. The van der Waals surface area contributed by atoms with E-state index in [0.717, 1.165) is 25.7 Å². The summed E-state index contributed by atoms with van der Waals surface area (Å²) in [4.78, 5) is 2.62. The molecule has 0 aliphatic carbocycles. The third kappa shape index (κ3) is 4.04. The molecule has 0 aromatic carbocycles. The molecule has 0 radical (unpaired) electrons. The van der Waals surface area contributed by atoms with Crippen molar-refractivity contribution in [1.82, 2.24) is 10.2 Å². The van der Waals surface area contributed by atoms with Crippen molar-refractivity contribution in [2.24, 2.45) is 5.92 Å². The van der Waals surface area contributed by atoms with Crippen molar-refractivity contribution in [2.75, 3.05) is 39.4 Å². The number of nitrogens with zero attached hydrogens (tertiary/aromatic N) is 1. The van der Waals surface area contributed by atoms with Gasteiger partial charge in [0.2, 0.25) is 0 Å². The van der Waals surface area contributed by atoms with Gasteiger partial charge in [-0.2, -0.15) is 0 Å². The van der Waals surface area contributed by atoms with Crippen molar-refractivity contribution in [3.05, 3.63) is 0 Å². The second kappa shape index (κ2) is 6.58. The molecule has 16 heavy (non-hydrogen) atoms. The lowest BCUT2D eigenvalue weighted by Crippen LogP contribution is -2.36. The topological polar surface area (TPSA) is 24.5 Å². The molecule has 1 N–H and O–H groups in total. The van der Waals surface area contributed by atoms with E-state index in [2.05, 4.69) is 17.1 Å². The average Bonchev–Trinajstić information content (AvgIpc) is 2.80. The summed E-state index contributed by atoms with van der Waals surface area (Å²) >= 11 is 0. The minimum Gasteiger partial charge on any atom is -0.380 e. The van der Waals surface area contributed by atoms with Crippen molar-refractivity contribution in [1.29, 1.82) is 0 Å². The first kappa shape index (κ1) is 12.3. The summed E-state index contributed by atoms with van der Waals surface area (Å²) in [5.41, 5.74) is 0. The molecule has 3 nitrogen and oxygen atoms in total. The van der Waals surface area contributed by atoms with E-state index in [4.69, 9.17) is 4.74 Å². The average molecular weight is 226 g/mol. The highest BCUT2D eigenvalue weighted by atomic mass is 16.5. The minimum atomic E-state index is 0.626. The van der Waals surface area contributed by atoms with Crippen LogP contribution < -0.4 is 5.32 Å². The van der Waals surface area contributed by atoms with Gasteiger partial charge < -0.3 is 15.0 Å². The van der Waals surface area contributed by atoms with Gasteiger partial charge in [-0.3, -0.25) is 0 Å². The molecule has 0 aromatic rings. The van der Waals surface area contributed by atoms with E-state index in [9.17, 15) is 0 Å². The standard InChI is InChI=1S/C13H26N2O/c1-12-3-8-15(9-4-12)7-2-6-14-13-5-10-16-11-13/h12-14H,2-11H2,1H3. The first-order valence-electron chi connectivity index (χ1n) is 6.88. The van der Waals surface area contributed by atoms with Crippen LogP contribution in [0.4, 0.5) is 0 Å². The predicted octanol–water partition coefficient (Wildman–Crippen LogP) is 1.49. The third-order valence-electron chi connectivity index (χ3n) is 3.89. The van der Waals surface area contributed by atoms with Crippen LogP contribution in [-0.4, -0.2) is 50.3 Å². The highest BCUT2D eigenvalue weighted by Gasteiger charge is 2.16. The van der Waals surface area contributed by atoms with Gasteiger partial charge in [0.05, 0.1) is 6.61 Å². The van der Waals surface area contributed by atoms with Crippen LogP contribution in [0.15, 0.2) is 0 Å². The molecular formula is C13H26N2O. The summed E-state index contributed by atoms with van der Waals surface area (Å²) < 4.78 is 5.34. The molecule has 3 heteroatoms. The van der Waals surface area contributed by atoms with E-state index in [1.165, 1.54) is 45.3 Å². The lowest BCUT2D eigenvalue weighted by atomic mass is 9.99. The molecule has 94 valence electrons. The SMILES string of the molecule is CC1CCN(CCCNC2CCOC2)CC1. The van der Waals surface area contributed by atoms with Gasteiger partial charge in [-0.15, -0.1) is 0 Å². The Labute approximate surface area is 99.5 Å². The molecule has 2 aliphatic rings. The van der Waals surface area contributed by atoms with Crippen LogP contribution in [-0.2, 0) is 4.74 Å². The lowest BCUT2D eigenvalue weighted by molar-refractivity contribution is 0.184. The van der Waals surface area contributed by atoms with Gasteiger partial charge in [0, 0.05) is 12.6 Å². The second-order valence-corrected chi connectivity index (χ2v) is 5.39. The number of ether oxygens (including phenoxy) is 1. The molecule has 2 heterocycles.